The van der Waals surface area contributed by atoms with Gasteiger partial charge in [-0.2, -0.15) is 5.26 Å². The van der Waals surface area contributed by atoms with Gasteiger partial charge in [-0.25, -0.2) is 9.97 Å². The van der Waals surface area contributed by atoms with Gasteiger partial charge in [-0.15, -0.1) is 0 Å². The predicted octanol–water partition coefficient (Wildman–Crippen LogP) is 2.26. The molecule has 2 heterocycles. The van der Waals surface area contributed by atoms with Crippen molar-refractivity contribution < 1.29 is 4.39 Å². The van der Waals surface area contributed by atoms with Gasteiger partial charge in [0.1, 0.15) is 11.6 Å². The van der Waals surface area contributed by atoms with Crippen LogP contribution in [0.1, 0.15) is 18.4 Å². The molecule has 0 spiro atoms. The number of hydrogen-bond acceptors (Lipinski definition) is 5. The molecule has 4 nitrogen and oxygen atoms in total. The second kappa shape index (κ2) is 6.01. The van der Waals surface area contributed by atoms with Crippen molar-refractivity contribution in [1.29, 1.82) is 5.26 Å². The molecule has 1 aromatic heterocycles. The molecule has 0 bridgehead atoms. The number of anilines is 1. The Morgan fingerprint density at radius 1 is 1.67 bits per heavy atom. The maximum atomic E-state index is 12.8. The molecule has 2 rings (SSSR count). The third kappa shape index (κ3) is 2.72. The SMILES string of the molecule is CSc1ncc(C#N)c(N2CCCC(CF)C2)n1. The second-order valence-electron chi connectivity index (χ2n) is 4.31. The Kier molecular flexibility index (Phi) is 4.37. The molecule has 96 valence electrons. The first-order valence-electron chi connectivity index (χ1n) is 5.90. The van der Waals surface area contributed by atoms with Crippen LogP contribution in [0.15, 0.2) is 11.4 Å². The van der Waals surface area contributed by atoms with Crippen molar-refractivity contribution in [2.75, 3.05) is 30.9 Å². The summed E-state index contributed by atoms with van der Waals surface area (Å²) < 4.78 is 12.8. The topological polar surface area (TPSA) is 52.8 Å². The lowest BCUT2D eigenvalue weighted by molar-refractivity contribution is 0.315. The van der Waals surface area contributed by atoms with Crippen LogP contribution in [0.5, 0.6) is 0 Å². The first-order valence-corrected chi connectivity index (χ1v) is 7.13. The fourth-order valence-corrected chi connectivity index (χ4v) is 2.49. The summed E-state index contributed by atoms with van der Waals surface area (Å²) in [6.07, 6.45) is 5.30. The smallest absolute Gasteiger partial charge is 0.189 e. The summed E-state index contributed by atoms with van der Waals surface area (Å²) in [5, 5.41) is 9.74. The molecular weight excluding hydrogens is 251 g/mol. The van der Waals surface area contributed by atoms with E-state index < -0.39 is 0 Å². The van der Waals surface area contributed by atoms with Gasteiger partial charge in [0, 0.05) is 19.0 Å². The van der Waals surface area contributed by atoms with Crippen molar-refractivity contribution in [3.63, 3.8) is 0 Å². The van der Waals surface area contributed by atoms with Crippen LogP contribution in [0, 0.1) is 17.2 Å². The predicted molar refractivity (Wildman–Crippen MR) is 69.4 cm³/mol. The Morgan fingerprint density at radius 3 is 3.17 bits per heavy atom. The van der Waals surface area contributed by atoms with Crippen molar-refractivity contribution in [2.24, 2.45) is 5.92 Å². The number of aromatic nitrogens is 2. The number of halogens is 1. The maximum Gasteiger partial charge on any atom is 0.189 e. The normalized spacial score (nSPS) is 19.6. The van der Waals surface area contributed by atoms with Gasteiger partial charge in [0.2, 0.25) is 0 Å². The highest BCUT2D eigenvalue weighted by Crippen LogP contribution is 2.25. The molecule has 18 heavy (non-hydrogen) atoms. The number of nitriles is 1. The zero-order valence-electron chi connectivity index (χ0n) is 10.3. The fraction of sp³-hybridized carbons (Fsp3) is 0.583. The molecule has 0 radical (unpaired) electrons. The zero-order valence-corrected chi connectivity index (χ0v) is 11.1. The van der Waals surface area contributed by atoms with E-state index >= 15 is 0 Å². The van der Waals surface area contributed by atoms with E-state index in [-0.39, 0.29) is 12.6 Å². The molecule has 1 aliphatic rings. The lowest BCUT2D eigenvalue weighted by atomic mass is 9.99. The van der Waals surface area contributed by atoms with Crippen LogP contribution in [0.2, 0.25) is 0 Å². The van der Waals surface area contributed by atoms with Gasteiger partial charge < -0.3 is 4.90 Å². The van der Waals surface area contributed by atoms with Crippen LogP contribution >= 0.6 is 11.8 Å². The van der Waals surface area contributed by atoms with Gasteiger partial charge in [-0.1, -0.05) is 11.8 Å². The van der Waals surface area contributed by atoms with Crippen LogP contribution in [0.3, 0.4) is 0 Å². The first-order chi connectivity index (χ1) is 8.78. The number of hydrogen-bond donors (Lipinski definition) is 0. The van der Waals surface area contributed by atoms with Crippen LogP contribution < -0.4 is 4.90 Å². The summed E-state index contributed by atoms with van der Waals surface area (Å²) in [6.45, 7) is 1.16. The summed E-state index contributed by atoms with van der Waals surface area (Å²) in [7, 11) is 0. The second-order valence-corrected chi connectivity index (χ2v) is 5.09. The van der Waals surface area contributed by atoms with Gasteiger partial charge in [-0.05, 0) is 19.1 Å². The van der Waals surface area contributed by atoms with E-state index in [2.05, 4.69) is 16.0 Å². The maximum absolute atomic E-state index is 12.8. The number of thioether (sulfide) groups is 1. The summed E-state index contributed by atoms with van der Waals surface area (Å²) in [6, 6.07) is 2.11. The van der Waals surface area contributed by atoms with E-state index in [9.17, 15) is 4.39 Å². The van der Waals surface area contributed by atoms with Crippen LogP contribution in [-0.2, 0) is 0 Å². The monoisotopic (exact) mass is 266 g/mol. The van der Waals surface area contributed by atoms with Crippen LogP contribution in [0.4, 0.5) is 10.2 Å². The molecule has 0 aliphatic carbocycles. The Labute approximate surface area is 110 Å². The molecule has 1 aliphatic heterocycles. The number of rotatable bonds is 3. The molecule has 6 heteroatoms. The highest BCUT2D eigenvalue weighted by Gasteiger charge is 2.23. The molecule has 1 unspecified atom stereocenters. The third-order valence-electron chi connectivity index (χ3n) is 3.09. The van der Waals surface area contributed by atoms with Crippen molar-refractivity contribution in [1.82, 2.24) is 9.97 Å². The highest BCUT2D eigenvalue weighted by molar-refractivity contribution is 7.98. The van der Waals surface area contributed by atoms with Gasteiger partial charge in [-0.3, -0.25) is 4.39 Å². The summed E-state index contributed by atoms with van der Waals surface area (Å²) in [4.78, 5) is 10.5. The molecule has 1 fully saturated rings. The van der Waals surface area contributed by atoms with E-state index in [0.29, 0.717) is 23.1 Å². The summed E-state index contributed by atoms with van der Waals surface area (Å²) in [5.74, 6) is 0.702. The summed E-state index contributed by atoms with van der Waals surface area (Å²) in [5.41, 5.74) is 0.465. The lowest BCUT2D eigenvalue weighted by Crippen LogP contribution is -2.37. The molecule has 1 saturated heterocycles. The van der Waals surface area contributed by atoms with Gasteiger partial charge in [0.15, 0.2) is 11.0 Å². The minimum Gasteiger partial charge on any atom is -0.355 e. The first kappa shape index (κ1) is 13.1. The number of alkyl halides is 1. The molecule has 0 N–H and O–H groups in total. The van der Waals surface area contributed by atoms with Crippen LogP contribution in [-0.4, -0.2) is 36.0 Å². The Bertz CT molecular complexity index is 460. The molecule has 1 aromatic rings. The molecule has 0 aromatic carbocycles. The number of nitrogens with zero attached hydrogens (tertiary/aromatic N) is 4. The minimum absolute atomic E-state index is 0.0537. The van der Waals surface area contributed by atoms with Crippen molar-refractivity contribution in [3.05, 3.63) is 11.8 Å². The van der Waals surface area contributed by atoms with E-state index in [1.165, 1.54) is 11.8 Å². The highest BCUT2D eigenvalue weighted by atomic mass is 32.2. The quantitative estimate of drug-likeness (QED) is 0.620. The number of piperidine rings is 1. The van der Waals surface area contributed by atoms with Crippen molar-refractivity contribution in [2.45, 2.75) is 18.0 Å². The standard InChI is InChI=1S/C12H15FN4S/c1-18-12-15-7-10(6-14)11(16-12)17-4-2-3-9(5-13)8-17/h7,9H,2-5,8H2,1H3. The van der Waals surface area contributed by atoms with E-state index in [0.717, 1.165) is 19.4 Å². The zero-order chi connectivity index (χ0) is 13.0. The van der Waals surface area contributed by atoms with E-state index in [4.69, 9.17) is 5.26 Å². The van der Waals surface area contributed by atoms with E-state index in [1.807, 2.05) is 11.2 Å². The third-order valence-corrected chi connectivity index (χ3v) is 3.65. The molecule has 0 saturated carbocycles. The summed E-state index contributed by atoms with van der Waals surface area (Å²) >= 11 is 1.44. The average molecular weight is 266 g/mol. The van der Waals surface area contributed by atoms with Gasteiger partial charge in [0.05, 0.1) is 12.9 Å². The van der Waals surface area contributed by atoms with Crippen molar-refractivity contribution >= 4 is 17.6 Å². The van der Waals surface area contributed by atoms with Gasteiger partial charge >= 0.3 is 0 Å². The minimum atomic E-state index is -0.307. The lowest BCUT2D eigenvalue weighted by Gasteiger charge is -2.32. The average Bonchev–Trinajstić information content (AvgIpc) is 2.46. The van der Waals surface area contributed by atoms with E-state index in [1.54, 1.807) is 6.20 Å². The Hall–Kier alpha value is -1.35. The van der Waals surface area contributed by atoms with Gasteiger partial charge in [0.25, 0.3) is 0 Å². The molecule has 0 amide bonds. The fourth-order valence-electron chi connectivity index (χ4n) is 2.16. The largest absolute Gasteiger partial charge is 0.355 e. The molecule has 1 atom stereocenters. The molecular formula is C12H15FN4S. The Balaban J connectivity index is 2.28. The Morgan fingerprint density at radius 2 is 2.50 bits per heavy atom. The van der Waals surface area contributed by atoms with Crippen molar-refractivity contribution in [3.8, 4) is 6.07 Å². The van der Waals surface area contributed by atoms with Crippen LogP contribution in [0.25, 0.3) is 0 Å².